The molecule has 0 heterocycles. The quantitative estimate of drug-likeness (QED) is 0.645. The molecule has 0 saturated heterocycles. The summed E-state index contributed by atoms with van der Waals surface area (Å²) in [6.07, 6.45) is 2.78. The Balaban J connectivity index is 3.77. The monoisotopic (exact) mass is 228 g/mol. The molecule has 0 aliphatic carbocycles. The lowest BCUT2D eigenvalue weighted by atomic mass is 9.90. The summed E-state index contributed by atoms with van der Waals surface area (Å²) in [6, 6.07) is 0. The van der Waals surface area contributed by atoms with Gasteiger partial charge in [-0.05, 0) is 18.8 Å². The van der Waals surface area contributed by atoms with E-state index in [0.717, 1.165) is 19.3 Å². The summed E-state index contributed by atoms with van der Waals surface area (Å²) >= 11 is 0. The highest BCUT2D eigenvalue weighted by atomic mass is 16.2. The molecule has 16 heavy (non-hydrogen) atoms. The molecule has 0 radical (unpaired) electrons. The second kappa shape index (κ2) is 8.13. The zero-order valence-electron chi connectivity index (χ0n) is 10.8. The molecule has 0 aliphatic heterocycles. The maximum Gasteiger partial charge on any atom is 0.223 e. The highest BCUT2D eigenvalue weighted by molar-refractivity contribution is 5.78. The Kier molecular flexibility index (Phi) is 7.60. The summed E-state index contributed by atoms with van der Waals surface area (Å²) in [5.41, 5.74) is 0. The molecule has 4 nitrogen and oxygen atoms in total. The number of rotatable bonds is 7. The van der Waals surface area contributed by atoms with Gasteiger partial charge in [-0.3, -0.25) is 9.59 Å². The van der Waals surface area contributed by atoms with Crippen molar-refractivity contribution < 1.29 is 9.59 Å². The van der Waals surface area contributed by atoms with Crippen molar-refractivity contribution >= 4 is 11.8 Å². The van der Waals surface area contributed by atoms with Crippen LogP contribution in [0, 0.1) is 11.8 Å². The largest absolute Gasteiger partial charge is 0.359 e. The first-order chi connectivity index (χ1) is 7.49. The zero-order chi connectivity index (χ0) is 12.6. The lowest BCUT2D eigenvalue weighted by Crippen LogP contribution is -2.31. The van der Waals surface area contributed by atoms with E-state index in [1.807, 2.05) is 0 Å². The lowest BCUT2D eigenvalue weighted by molar-refractivity contribution is -0.126. The predicted molar refractivity (Wildman–Crippen MR) is 64.9 cm³/mol. The van der Waals surface area contributed by atoms with Crippen molar-refractivity contribution in [3.05, 3.63) is 0 Å². The average Bonchev–Trinajstić information content (AvgIpc) is 2.21. The van der Waals surface area contributed by atoms with E-state index >= 15 is 0 Å². The second-order valence-electron chi connectivity index (χ2n) is 4.44. The fourth-order valence-electron chi connectivity index (χ4n) is 1.71. The molecule has 0 bridgehead atoms. The second-order valence-corrected chi connectivity index (χ2v) is 4.44. The highest BCUT2D eigenvalue weighted by Crippen LogP contribution is 2.18. The van der Waals surface area contributed by atoms with Crippen LogP contribution >= 0.6 is 0 Å². The Hall–Kier alpha value is -1.06. The summed E-state index contributed by atoms with van der Waals surface area (Å²) in [5.74, 6) is 0.573. The molecular weight excluding hydrogens is 204 g/mol. The molecule has 1 atom stereocenters. The van der Waals surface area contributed by atoms with Gasteiger partial charge in [-0.2, -0.15) is 0 Å². The van der Waals surface area contributed by atoms with Crippen molar-refractivity contribution in [2.45, 2.75) is 40.0 Å². The van der Waals surface area contributed by atoms with Crippen LogP contribution in [0.2, 0.25) is 0 Å². The molecule has 0 fully saturated rings. The third-order valence-electron chi connectivity index (χ3n) is 2.70. The third kappa shape index (κ3) is 6.43. The fourth-order valence-corrected chi connectivity index (χ4v) is 1.71. The standard InChI is InChI=1S/C12H24N2O2/c1-9(2)11(12(16)13-4)7-5-6-8-14-10(3)15/h9,11H,5-8H2,1-4H3,(H,13,16)(H,14,15). The van der Waals surface area contributed by atoms with Crippen molar-refractivity contribution in [1.29, 1.82) is 0 Å². The molecule has 2 N–H and O–H groups in total. The van der Waals surface area contributed by atoms with E-state index in [1.54, 1.807) is 7.05 Å². The van der Waals surface area contributed by atoms with Gasteiger partial charge in [-0.25, -0.2) is 0 Å². The zero-order valence-corrected chi connectivity index (χ0v) is 10.8. The van der Waals surface area contributed by atoms with E-state index in [-0.39, 0.29) is 17.7 Å². The van der Waals surface area contributed by atoms with Crippen LogP contribution in [0.4, 0.5) is 0 Å². The minimum atomic E-state index is 0.00621. The summed E-state index contributed by atoms with van der Waals surface area (Å²) in [6.45, 7) is 6.34. The Morgan fingerprint density at radius 2 is 1.81 bits per heavy atom. The van der Waals surface area contributed by atoms with Crippen LogP contribution in [0.1, 0.15) is 40.0 Å². The number of amides is 2. The van der Waals surface area contributed by atoms with Gasteiger partial charge >= 0.3 is 0 Å². The third-order valence-corrected chi connectivity index (χ3v) is 2.70. The van der Waals surface area contributed by atoms with Gasteiger partial charge in [0.1, 0.15) is 0 Å². The van der Waals surface area contributed by atoms with Crippen molar-refractivity contribution in [3.63, 3.8) is 0 Å². The van der Waals surface area contributed by atoms with Crippen LogP contribution in [0.5, 0.6) is 0 Å². The molecule has 94 valence electrons. The van der Waals surface area contributed by atoms with Crippen molar-refractivity contribution in [1.82, 2.24) is 10.6 Å². The molecule has 0 aromatic rings. The summed E-state index contributed by atoms with van der Waals surface area (Å²) in [4.78, 5) is 22.2. The molecule has 4 heteroatoms. The number of hydrogen-bond acceptors (Lipinski definition) is 2. The van der Waals surface area contributed by atoms with E-state index in [2.05, 4.69) is 24.5 Å². The van der Waals surface area contributed by atoms with Crippen LogP contribution in [-0.4, -0.2) is 25.4 Å². The lowest BCUT2D eigenvalue weighted by Gasteiger charge is -2.18. The van der Waals surface area contributed by atoms with Crippen LogP contribution < -0.4 is 10.6 Å². The van der Waals surface area contributed by atoms with E-state index in [9.17, 15) is 9.59 Å². The number of unbranched alkanes of at least 4 members (excludes halogenated alkanes) is 1. The summed E-state index contributed by atoms with van der Waals surface area (Å²) in [5, 5.41) is 5.45. The van der Waals surface area contributed by atoms with Crippen LogP contribution in [-0.2, 0) is 9.59 Å². The van der Waals surface area contributed by atoms with Crippen LogP contribution in [0.15, 0.2) is 0 Å². The van der Waals surface area contributed by atoms with Crippen LogP contribution in [0.3, 0.4) is 0 Å². The normalized spacial score (nSPS) is 12.3. The smallest absolute Gasteiger partial charge is 0.223 e. The van der Waals surface area contributed by atoms with E-state index < -0.39 is 0 Å². The topological polar surface area (TPSA) is 58.2 Å². The van der Waals surface area contributed by atoms with Gasteiger partial charge in [0.2, 0.25) is 11.8 Å². The SMILES string of the molecule is CNC(=O)C(CCCCNC(C)=O)C(C)C. The van der Waals surface area contributed by atoms with Crippen molar-refractivity contribution in [2.24, 2.45) is 11.8 Å². The maximum absolute atomic E-state index is 11.5. The first-order valence-electron chi connectivity index (χ1n) is 5.95. The number of nitrogens with one attached hydrogen (secondary N) is 2. The number of carbonyl (C=O) groups is 2. The number of carbonyl (C=O) groups excluding carboxylic acids is 2. The van der Waals surface area contributed by atoms with Crippen LogP contribution in [0.25, 0.3) is 0 Å². The van der Waals surface area contributed by atoms with Gasteiger partial charge in [0, 0.05) is 26.4 Å². The van der Waals surface area contributed by atoms with Gasteiger partial charge in [-0.1, -0.05) is 20.3 Å². The molecule has 0 aliphatic rings. The minimum absolute atomic E-state index is 0.00621. The predicted octanol–water partition coefficient (Wildman–Crippen LogP) is 1.31. The highest BCUT2D eigenvalue weighted by Gasteiger charge is 2.19. The maximum atomic E-state index is 11.5. The van der Waals surface area contributed by atoms with Gasteiger partial charge in [0.25, 0.3) is 0 Å². The molecular formula is C12H24N2O2. The Morgan fingerprint density at radius 1 is 1.19 bits per heavy atom. The van der Waals surface area contributed by atoms with Crippen molar-refractivity contribution in [2.75, 3.05) is 13.6 Å². The first kappa shape index (κ1) is 14.9. The molecule has 1 unspecified atom stereocenters. The molecule has 0 spiro atoms. The first-order valence-corrected chi connectivity index (χ1v) is 5.95. The molecule has 0 saturated carbocycles. The average molecular weight is 228 g/mol. The minimum Gasteiger partial charge on any atom is -0.359 e. The van der Waals surface area contributed by atoms with Gasteiger partial charge in [0.15, 0.2) is 0 Å². The van der Waals surface area contributed by atoms with Gasteiger partial charge < -0.3 is 10.6 Å². The Morgan fingerprint density at radius 3 is 2.25 bits per heavy atom. The fraction of sp³-hybridized carbons (Fsp3) is 0.833. The van der Waals surface area contributed by atoms with E-state index in [1.165, 1.54) is 6.92 Å². The molecule has 0 aromatic carbocycles. The van der Waals surface area contributed by atoms with Crippen molar-refractivity contribution in [3.8, 4) is 0 Å². The van der Waals surface area contributed by atoms with E-state index in [0.29, 0.717) is 12.5 Å². The van der Waals surface area contributed by atoms with Gasteiger partial charge in [-0.15, -0.1) is 0 Å². The molecule has 0 aromatic heterocycles. The van der Waals surface area contributed by atoms with E-state index in [4.69, 9.17) is 0 Å². The Labute approximate surface area is 98.2 Å². The molecule has 0 rings (SSSR count). The van der Waals surface area contributed by atoms with Gasteiger partial charge in [0.05, 0.1) is 0 Å². The molecule has 2 amide bonds. The summed E-state index contributed by atoms with van der Waals surface area (Å²) in [7, 11) is 1.68. The number of hydrogen-bond donors (Lipinski definition) is 2. The summed E-state index contributed by atoms with van der Waals surface area (Å²) < 4.78 is 0. The Bertz CT molecular complexity index is 227.